The van der Waals surface area contributed by atoms with Crippen LogP contribution in [0.1, 0.15) is 24.2 Å². The van der Waals surface area contributed by atoms with Gasteiger partial charge in [-0.15, -0.1) is 0 Å². The molecular weight excluding hydrogens is 442 g/mol. The highest BCUT2D eigenvalue weighted by Gasteiger charge is 2.28. The van der Waals surface area contributed by atoms with Gasteiger partial charge < -0.3 is 14.4 Å². The van der Waals surface area contributed by atoms with Gasteiger partial charge in [0.25, 0.3) is 0 Å². The molecule has 4 aromatic rings. The van der Waals surface area contributed by atoms with Gasteiger partial charge in [-0.05, 0) is 24.8 Å². The number of hydrogen-bond acceptors (Lipinski definition) is 7. The van der Waals surface area contributed by atoms with Gasteiger partial charge in [-0.25, -0.2) is 9.97 Å². The number of morpholine rings is 1. The number of rotatable bonds is 4. The van der Waals surface area contributed by atoms with Crippen LogP contribution in [0.4, 0.5) is 5.82 Å². The number of aromatic amines is 1. The van der Waals surface area contributed by atoms with E-state index >= 15 is 0 Å². The van der Waals surface area contributed by atoms with Crippen LogP contribution < -0.4 is 4.90 Å². The molecule has 0 spiro atoms. The van der Waals surface area contributed by atoms with Crippen molar-refractivity contribution >= 4 is 22.4 Å². The van der Waals surface area contributed by atoms with E-state index in [2.05, 4.69) is 48.8 Å². The molecule has 1 N–H and O–H groups in total. The Morgan fingerprint density at radius 1 is 1.00 bits per heavy atom. The summed E-state index contributed by atoms with van der Waals surface area (Å²) in [6, 6.07) is 6.26. The Morgan fingerprint density at radius 3 is 2.74 bits per heavy atom. The van der Waals surface area contributed by atoms with Crippen LogP contribution in [0.15, 0.2) is 30.6 Å². The number of benzene rings is 1. The highest BCUT2D eigenvalue weighted by molar-refractivity contribution is 5.93. The zero-order chi connectivity index (χ0) is 23.2. The van der Waals surface area contributed by atoms with Crippen molar-refractivity contribution in [1.29, 1.82) is 0 Å². The van der Waals surface area contributed by atoms with Crippen LogP contribution in [0.25, 0.3) is 27.8 Å². The largest absolute Gasteiger partial charge is 0.381 e. The summed E-state index contributed by atoms with van der Waals surface area (Å²) in [6.45, 7) is 8.02. The second-order valence-electron chi connectivity index (χ2n) is 9.93. The molecule has 9 heteroatoms. The Bertz CT molecular complexity index is 1350. The van der Waals surface area contributed by atoms with Crippen molar-refractivity contribution in [2.45, 2.75) is 25.8 Å². The van der Waals surface area contributed by atoms with E-state index in [0.29, 0.717) is 13.2 Å². The number of anilines is 1. The van der Waals surface area contributed by atoms with E-state index in [1.807, 2.05) is 6.20 Å². The van der Waals surface area contributed by atoms with Gasteiger partial charge in [0.05, 0.1) is 42.0 Å². The van der Waals surface area contributed by atoms with E-state index in [9.17, 15) is 0 Å². The maximum Gasteiger partial charge on any atom is 0.180 e. The summed E-state index contributed by atoms with van der Waals surface area (Å²) in [5, 5.41) is 8.45. The van der Waals surface area contributed by atoms with Gasteiger partial charge in [0, 0.05) is 69.5 Å². The predicted octanol–water partition coefficient (Wildman–Crippen LogP) is 2.89. The van der Waals surface area contributed by atoms with E-state index in [1.54, 1.807) is 0 Å². The fourth-order valence-electron chi connectivity index (χ4n) is 5.81. The molecule has 3 aliphatic heterocycles. The third-order valence-corrected chi connectivity index (χ3v) is 7.74. The first-order valence-electron chi connectivity index (χ1n) is 12.8. The van der Waals surface area contributed by atoms with Gasteiger partial charge in [-0.1, -0.05) is 12.1 Å². The van der Waals surface area contributed by atoms with Gasteiger partial charge in [0.1, 0.15) is 0 Å². The van der Waals surface area contributed by atoms with E-state index in [0.717, 1.165) is 91.9 Å². The van der Waals surface area contributed by atoms with Crippen molar-refractivity contribution in [3.8, 4) is 11.3 Å². The summed E-state index contributed by atoms with van der Waals surface area (Å²) in [7, 11) is 0. The van der Waals surface area contributed by atoms with Crippen LogP contribution in [0.2, 0.25) is 0 Å². The SMILES string of the molecule is c1cc(-c2cn3c4c(nc3c(N3CCOCC3)n2)CCN(CC2CCOCC2)C4)c2cn[nH]c2c1. The van der Waals surface area contributed by atoms with Gasteiger partial charge in [0.15, 0.2) is 11.5 Å². The number of imidazole rings is 1. The second-order valence-corrected chi connectivity index (χ2v) is 9.93. The minimum Gasteiger partial charge on any atom is -0.381 e. The Morgan fingerprint density at radius 2 is 1.86 bits per heavy atom. The van der Waals surface area contributed by atoms with Crippen LogP contribution in [-0.4, -0.2) is 82.1 Å². The number of hydrogen-bond donors (Lipinski definition) is 1. The summed E-state index contributed by atoms with van der Waals surface area (Å²) in [5.41, 5.74) is 6.54. The average molecular weight is 474 g/mol. The van der Waals surface area contributed by atoms with E-state index in [4.69, 9.17) is 19.4 Å². The van der Waals surface area contributed by atoms with Gasteiger partial charge in [-0.3, -0.25) is 14.4 Å². The quantitative estimate of drug-likeness (QED) is 0.488. The van der Waals surface area contributed by atoms with E-state index < -0.39 is 0 Å². The Labute approximate surface area is 204 Å². The lowest BCUT2D eigenvalue weighted by Gasteiger charge is -2.32. The van der Waals surface area contributed by atoms with Gasteiger partial charge >= 0.3 is 0 Å². The minimum atomic E-state index is 0.717. The summed E-state index contributed by atoms with van der Waals surface area (Å²) >= 11 is 0. The average Bonchev–Trinajstić information content (AvgIpc) is 3.54. The number of fused-ring (bicyclic) bond motifs is 4. The molecule has 0 bridgehead atoms. The Hall–Kier alpha value is -3.01. The predicted molar refractivity (Wildman–Crippen MR) is 134 cm³/mol. The van der Waals surface area contributed by atoms with Crippen molar-refractivity contribution in [3.05, 3.63) is 42.0 Å². The molecule has 7 rings (SSSR count). The number of aromatic nitrogens is 5. The van der Waals surface area contributed by atoms with E-state index in [-0.39, 0.29) is 0 Å². The molecular formula is C26H31N7O2. The summed E-state index contributed by atoms with van der Waals surface area (Å²) < 4.78 is 13.5. The highest BCUT2D eigenvalue weighted by atomic mass is 16.5. The van der Waals surface area contributed by atoms with Gasteiger partial charge in [0.2, 0.25) is 0 Å². The maximum atomic E-state index is 5.64. The zero-order valence-corrected chi connectivity index (χ0v) is 19.9. The molecule has 0 unspecified atom stereocenters. The van der Waals surface area contributed by atoms with Crippen molar-refractivity contribution in [3.63, 3.8) is 0 Å². The first-order chi connectivity index (χ1) is 17.3. The third-order valence-electron chi connectivity index (χ3n) is 7.74. The third kappa shape index (κ3) is 3.87. The highest BCUT2D eigenvalue weighted by Crippen LogP contribution is 2.33. The van der Waals surface area contributed by atoms with Crippen LogP contribution in [0.3, 0.4) is 0 Å². The molecule has 3 aromatic heterocycles. The molecule has 9 nitrogen and oxygen atoms in total. The molecule has 0 radical (unpaired) electrons. The van der Waals surface area contributed by atoms with Crippen molar-refractivity contribution < 1.29 is 9.47 Å². The lowest BCUT2D eigenvalue weighted by Crippen LogP contribution is -2.37. The van der Waals surface area contributed by atoms with Crippen LogP contribution in [0.5, 0.6) is 0 Å². The molecule has 3 aliphatic rings. The fourth-order valence-corrected chi connectivity index (χ4v) is 5.81. The number of nitrogens with one attached hydrogen (secondary N) is 1. The number of H-pyrrole nitrogens is 1. The van der Waals surface area contributed by atoms with Crippen molar-refractivity contribution in [2.75, 3.05) is 57.5 Å². The molecule has 182 valence electrons. The monoisotopic (exact) mass is 473 g/mol. The molecule has 0 aliphatic carbocycles. The zero-order valence-electron chi connectivity index (χ0n) is 19.9. The lowest BCUT2D eigenvalue weighted by molar-refractivity contribution is 0.0503. The van der Waals surface area contributed by atoms with Gasteiger partial charge in [-0.2, -0.15) is 5.10 Å². The lowest BCUT2D eigenvalue weighted by atomic mass is 9.98. The van der Waals surface area contributed by atoms with Crippen molar-refractivity contribution in [2.24, 2.45) is 5.92 Å². The first kappa shape index (κ1) is 21.3. The molecule has 0 saturated carbocycles. The van der Waals surface area contributed by atoms with Crippen LogP contribution >= 0.6 is 0 Å². The fraction of sp³-hybridized carbons (Fsp3) is 0.500. The normalized spacial score (nSPS) is 20.1. The minimum absolute atomic E-state index is 0.717. The second kappa shape index (κ2) is 8.89. The summed E-state index contributed by atoms with van der Waals surface area (Å²) in [5.74, 6) is 1.68. The van der Waals surface area contributed by atoms with Crippen LogP contribution in [-0.2, 0) is 22.4 Å². The smallest absolute Gasteiger partial charge is 0.180 e. The number of nitrogens with zero attached hydrogens (tertiary/aromatic N) is 6. The summed E-state index contributed by atoms with van der Waals surface area (Å²) in [4.78, 5) is 15.3. The Balaban J connectivity index is 1.33. The Kier molecular flexibility index (Phi) is 5.41. The molecule has 35 heavy (non-hydrogen) atoms. The molecule has 1 aromatic carbocycles. The maximum absolute atomic E-state index is 5.64. The van der Waals surface area contributed by atoms with Crippen molar-refractivity contribution in [1.82, 2.24) is 29.5 Å². The first-order valence-corrected chi connectivity index (χ1v) is 12.8. The molecule has 2 fully saturated rings. The molecule has 0 amide bonds. The standard InChI is InChI=1S/C26H31N7O2/c1-2-19(20-14-27-30-21(20)3-1)23-16-33-24-17-31(15-18-5-10-34-11-6-18)7-4-22(24)28-26(33)25(29-23)32-8-12-35-13-9-32/h1-3,14,16,18H,4-13,15,17H2,(H,27,30). The number of ether oxygens (including phenoxy) is 2. The summed E-state index contributed by atoms with van der Waals surface area (Å²) in [6.07, 6.45) is 7.39. The molecule has 6 heterocycles. The van der Waals surface area contributed by atoms with E-state index in [1.165, 1.54) is 24.2 Å². The molecule has 0 atom stereocenters. The topological polar surface area (TPSA) is 83.8 Å². The van der Waals surface area contributed by atoms with Crippen LogP contribution in [0, 0.1) is 5.92 Å². The molecule has 2 saturated heterocycles.